The summed E-state index contributed by atoms with van der Waals surface area (Å²) in [6.07, 6.45) is 3.79. The van der Waals surface area contributed by atoms with Crippen LogP contribution in [0.15, 0.2) is 29.2 Å². The highest BCUT2D eigenvalue weighted by Gasteiger charge is 2.16. The molecule has 1 N–H and O–H groups in total. The Labute approximate surface area is 100 Å². The van der Waals surface area contributed by atoms with Gasteiger partial charge in [-0.1, -0.05) is 0 Å². The zero-order valence-electron chi connectivity index (χ0n) is 9.82. The summed E-state index contributed by atoms with van der Waals surface area (Å²) in [7, 11) is 1.99. The van der Waals surface area contributed by atoms with Gasteiger partial charge in [-0.2, -0.15) is 11.3 Å². The molecular weight excluding hydrogens is 216 g/mol. The van der Waals surface area contributed by atoms with E-state index in [-0.39, 0.29) is 6.04 Å². The number of nitrogens with one attached hydrogen (secondary N) is 1. The Balaban J connectivity index is 2.45. The van der Waals surface area contributed by atoms with Crippen molar-refractivity contribution >= 4 is 11.3 Å². The number of hydrogen-bond acceptors (Lipinski definition) is 3. The second-order valence-electron chi connectivity index (χ2n) is 3.96. The Kier molecular flexibility index (Phi) is 3.36. The Bertz CT molecular complexity index is 476. The molecule has 0 saturated heterocycles. The molecule has 3 heteroatoms. The molecular formula is C13H16N2S. The maximum atomic E-state index is 4.22. The van der Waals surface area contributed by atoms with Gasteiger partial charge in [0.1, 0.15) is 0 Å². The molecule has 0 saturated carbocycles. The van der Waals surface area contributed by atoms with Crippen LogP contribution in [0.25, 0.3) is 0 Å². The third kappa shape index (κ3) is 2.01. The van der Waals surface area contributed by atoms with Crippen molar-refractivity contribution in [2.75, 3.05) is 7.05 Å². The lowest BCUT2D eigenvalue weighted by molar-refractivity contribution is 0.683. The van der Waals surface area contributed by atoms with Crippen LogP contribution in [0.1, 0.15) is 28.3 Å². The van der Waals surface area contributed by atoms with E-state index in [1.165, 1.54) is 22.3 Å². The summed E-state index contributed by atoms with van der Waals surface area (Å²) in [5, 5.41) is 7.77. The van der Waals surface area contributed by atoms with Gasteiger partial charge in [-0.3, -0.25) is 4.98 Å². The fourth-order valence-electron chi connectivity index (χ4n) is 1.92. The van der Waals surface area contributed by atoms with Crippen LogP contribution in [-0.4, -0.2) is 12.0 Å². The molecule has 1 atom stereocenters. The van der Waals surface area contributed by atoms with Gasteiger partial charge >= 0.3 is 0 Å². The minimum Gasteiger partial charge on any atom is -0.309 e. The van der Waals surface area contributed by atoms with Crippen LogP contribution in [0, 0.1) is 13.8 Å². The van der Waals surface area contributed by atoms with E-state index < -0.39 is 0 Å². The van der Waals surface area contributed by atoms with Gasteiger partial charge in [0.15, 0.2) is 0 Å². The molecule has 2 heterocycles. The molecule has 0 bridgehead atoms. The zero-order valence-corrected chi connectivity index (χ0v) is 10.6. The first-order valence-electron chi connectivity index (χ1n) is 5.34. The van der Waals surface area contributed by atoms with Crippen LogP contribution in [0.5, 0.6) is 0 Å². The van der Waals surface area contributed by atoms with Gasteiger partial charge in [-0.25, -0.2) is 0 Å². The number of pyridine rings is 1. The molecule has 2 aromatic heterocycles. The van der Waals surface area contributed by atoms with Gasteiger partial charge in [0.25, 0.3) is 0 Å². The zero-order chi connectivity index (χ0) is 11.5. The molecule has 0 aliphatic rings. The lowest BCUT2D eigenvalue weighted by Gasteiger charge is -2.18. The average molecular weight is 232 g/mol. The molecule has 0 aromatic carbocycles. The van der Waals surface area contributed by atoms with Crippen LogP contribution in [-0.2, 0) is 0 Å². The quantitative estimate of drug-likeness (QED) is 0.879. The predicted molar refractivity (Wildman–Crippen MR) is 68.9 cm³/mol. The first-order chi connectivity index (χ1) is 7.74. The summed E-state index contributed by atoms with van der Waals surface area (Å²) >= 11 is 1.75. The number of nitrogens with zero attached hydrogens (tertiary/aromatic N) is 1. The number of thiophene rings is 1. The maximum Gasteiger partial charge on any atom is 0.0603 e. The van der Waals surface area contributed by atoms with Crippen LogP contribution < -0.4 is 5.32 Å². The van der Waals surface area contributed by atoms with Gasteiger partial charge in [0.05, 0.1) is 6.04 Å². The largest absolute Gasteiger partial charge is 0.309 e. The summed E-state index contributed by atoms with van der Waals surface area (Å²) in [5.41, 5.74) is 5.22. The van der Waals surface area contributed by atoms with Crippen molar-refractivity contribution in [2.24, 2.45) is 0 Å². The maximum absolute atomic E-state index is 4.22. The third-order valence-corrected chi connectivity index (χ3v) is 3.77. The van der Waals surface area contributed by atoms with Crippen molar-refractivity contribution in [2.45, 2.75) is 19.9 Å². The lowest BCUT2D eigenvalue weighted by atomic mass is 9.97. The Morgan fingerprint density at radius 3 is 2.56 bits per heavy atom. The molecule has 0 amide bonds. The van der Waals surface area contributed by atoms with Crippen LogP contribution in [0.2, 0.25) is 0 Å². The summed E-state index contributed by atoms with van der Waals surface area (Å²) in [6.45, 7) is 4.28. The molecule has 2 aromatic rings. The van der Waals surface area contributed by atoms with Gasteiger partial charge < -0.3 is 5.32 Å². The normalized spacial score (nSPS) is 12.7. The van der Waals surface area contributed by atoms with Crippen molar-refractivity contribution < 1.29 is 0 Å². The summed E-state index contributed by atoms with van der Waals surface area (Å²) in [4.78, 5) is 4.22. The molecule has 0 aliphatic heterocycles. The van der Waals surface area contributed by atoms with Crippen LogP contribution in [0.3, 0.4) is 0 Å². The number of rotatable bonds is 3. The predicted octanol–water partition coefficient (Wildman–Crippen LogP) is 3.07. The monoisotopic (exact) mass is 232 g/mol. The highest BCUT2D eigenvalue weighted by atomic mass is 32.1. The second-order valence-corrected chi connectivity index (χ2v) is 4.71. The van der Waals surface area contributed by atoms with Crippen molar-refractivity contribution in [1.29, 1.82) is 0 Å². The lowest BCUT2D eigenvalue weighted by Crippen LogP contribution is -2.19. The van der Waals surface area contributed by atoms with Crippen LogP contribution >= 0.6 is 11.3 Å². The summed E-state index contributed by atoms with van der Waals surface area (Å²) in [6, 6.07) is 2.31. The number of hydrogen-bond donors (Lipinski definition) is 1. The van der Waals surface area contributed by atoms with E-state index in [4.69, 9.17) is 0 Å². The van der Waals surface area contributed by atoms with Gasteiger partial charge in [-0.05, 0) is 60.0 Å². The molecule has 0 aliphatic carbocycles. The van der Waals surface area contributed by atoms with Gasteiger partial charge in [-0.15, -0.1) is 0 Å². The minimum atomic E-state index is 0.250. The van der Waals surface area contributed by atoms with Crippen LogP contribution in [0.4, 0.5) is 0 Å². The van der Waals surface area contributed by atoms with E-state index in [2.05, 4.69) is 41.0 Å². The molecule has 0 fully saturated rings. The van der Waals surface area contributed by atoms with Crippen molar-refractivity contribution in [1.82, 2.24) is 10.3 Å². The van der Waals surface area contributed by atoms with E-state index in [1.807, 2.05) is 19.4 Å². The SMILES string of the molecule is CNC(c1cnccc1C)c1cscc1C. The van der Waals surface area contributed by atoms with E-state index in [0.717, 1.165) is 0 Å². The Hall–Kier alpha value is -1.19. The molecule has 84 valence electrons. The molecule has 0 spiro atoms. The molecule has 16 heavy (non-hydrogen) atoms. The van der Waals surface area contributed by atoms with Crippen molar-refractivity contribution in [3.05, 3.63) is 51.5 Å². The van der Waals surface area contributed by atoms with E-state index >= 15 is 0 Å². The number of aromatic nitrogens is 1. The first kappa shape index (κ1) is 11.3. The van der Waals surface area contributed by atoms with Gasteiger partial charge in [0.2, 0.25) is 0 Å². The highest BCUT2D eigenvalue weighted by Crippen LogP contribution is 2.28. The highest BCUT2D eigenvalue weighted by molar-refractivity contribution is 7.08. The topological polar surface area (TPSA) is 24.9 Å². The fourth-order valence-corrected chi connectivity index (χ4v) is 2.80. The molecule has 1 unspecified atom stereocenters. The first-order valence-corrected chi connectivity index (χ1v) is 6.28. The minimum absolute atomic E-state index is 0.250. The van der Waals surface area contributed by atoms with Crippen molar-refractivity contribution in [3.8, 4) is 0 Å². The van der Waals surface area contributed by atoms with E-state index in [1.54, 1.807) is 11.3 Å². The van der Waals surface area contributed by atoms with Gasteiger partial charge in [0, 0.05) is 12.4 Å². The van der Waals surface area contributed by atoms with Crippen molar-refractivity contribution in [3.63, 3.8) is 0 Å². The standard InChI is InChI=1S/C13H16N2S/c1-9-4-5-15-6-11(9)13(14-3)12-8-16-7-10(12)2/h4-8,13-14H,1-3H3. The molecule has 0 radical (unpaired) electrons. The Morgan fingerprint density at radius 2 is 2.00 bits per heavy atom. The smallest absolute Gasteiger partial charge is 0.0603 e. The molecule has 2 nitrogen and oxygen atoms in total. The summed E-state index contributed by atoms with van der Waals surface area (Å²) < 4.78 is 0. The van der Waals surface area contributed by atoms with E-state index in [9.17, 15) is 0 Å². The summed E-state index contributed by atoms with van der Waals surface area (Å²) in [5.74, 6) is 0. The van der Waals surface area contributed by atoms with E-state index in [0.29, 0.717) is 0 Å². The Morgan fingerprint density at radius 1 is 1.19 bits per heavy atom. The average Bonchev–Trinajstić information content (AvgIpc) is 2.69. The second kappa shape index (κ2) is 4.76. The third-order valence-electron chi connectivity index (χ3n) is 2.89. The molecule has 2 rings (SSSR count). The fraction of sp³-hybridized carbons (Fsp3) is 0.308. The number of aryl methyl sites for hydroxylation is 2.